The van der Waals surface area contributed by atoms with Crippen molar-refractivity contribution in [2.45, 2.75) is 32.1 Å². The molecule has 0 saturated heterocycles. The van der Waals surface area contributed by atoms with Crippen molar-refractivity contribution in [3.05, 3.63) is 11.4 Å². The molecule has 23 heavy (non-hydrogen) atoms. The van der Waals surface area contributed by atoms with Crippen LogP contribution in [0.15, 0.2) is 0 Å². The van der Waals surface area contributed by atoms with Crippen molar-refractivity contribution in [2.75, 3.05) is 40.0 Å². The van der Waals surface area contributed by atoms with Crippen molar-refractivity contribution in [2.24, 2.45) is 0 Å². The maximum Gasteiger partial charge on any atom is 0.331 e. The van der Waals surface area contributed by atoms with Crippen molar-refractivity contribution < 1.29 is 23.9 Å². The summed E-state index contributed by atoms with van der Waals surface area (Å²) in [6.45, 7) is 7.61. The number of rotatable bonds is 13. The smallest absolute Gasteiger partial charge is 0.331 e. The summed E-state index contributed by atoms with van der Waals surface area (Å²) in [6, 6.07) is 0. The summed E-state index contributed by atoms with van der Waals surface area (Å²) >= 11 is 0. The Morgan fingerprint density at radius 2 is 1.65 bits per heavy atom. The van der Waals surface area contributed by atoms with Crippen molar-refractivity contribution in [3.63, 3.8) is 0 Å². The molecule has 0 aliphatic rings. The Morgan fingerprint density at radius 1 is 0.957 bits per heavy atom. The highest BCUT2D eigenvalue weighted by molar-refractivity contribution is 5.78. The van der Waals surface area contributed by atoms with Gasteiger partial charge in [0, 0.05) is 25.9 Å². The lowest BCUT2D eigenvalue weighted by Gasteiger charge is -2.07. The molecule has 0 aliphatic heterocycles. The van der Waals surface area contributed by atoms with E-state index in [2.05, 4.69) is 20.2 Å². The molecule has 0 radical (unpaired) electrons. The number of carbonyl (C=O) groups excluding carboxylic acids is 3. The first-order chi connectivity index (χ1) is 11.1. The van der Waals surface area contributed by atoms with Gasteiger partial charge in [0.05, 0.1) is 7.11 Å². The van der Waals surface area contributed by atoms with Crippen LogP contribution in [0.25, 0.3) is 4.85 Å². The van der Waals surface area contributed by atoms with E-state index in [-0.39, 0.29) is 25.0 Å². The summed E-state index contributed by atoms with van der Waals surface area (Å²) in [6.07, 6.45) is 3.59. The highest BCUT2D eigenvalue weighted by Crippen LogP contribution is 1.99. The second kappa shape index (κ2) is 14.8. The number of nitrogens with one attached hydrogen (secondary N) is 2. The number of carbonyl (C=O) groups is 3. The number of amides is 2. The number of hydrogen-bond acceptors (Lipinski definition) is 5. The SMILES string of the molecule is [C-]#[N+]CCCCCC(=O)NCCCNC(=O)COCC(=O)OC. The monoisotopic (exact) mass is 327 g/mol. The molecule has 0 heterocycles. The van der Waals surface area contributed by atoms with E-state index in [1.807, 2.05) is 0 Å². The van der Waals surface area contributed by atoms with Crippen LogP contribution in [0.1, 0.15) is 32.1 Å². The van der Waals surface area contributed by atoms with Gasteiger partial charge in [-0.05, 0) is 19.3 Å². The van der Waals surface area contributed by atoms with Crippen LogP contribution in [0.3, 0.4) is 0 Å². The molecule has 8 heteroatoms. The zero-order chi connectivity index (χ0) is 17.3. The first-order valence-corrected chi connectivity index (χ1v) is 7.61. The zero-order valence-corrected chi connectivity index (χ0v) is 13.6. The fourth-order valence-corrected chi connectivity index (χ4v) is 1.62. The predicted octanol–water partition coefficient (Wildman–Crippen LogP) is 0.278. The van der Waals surface area contributed by atoms with Gasteiger partial charge in [-0.3, -0.25) is 9.59 Å². The van der Waals surface area contributed by atoms with E-state index in [9.17, 15) is 14.4 Å². The minimum Gasteiger partial charge on any atom is -0.467 e. The van der Waals surface area contributed by atoms with Crippen molar-refractivity contribution in [3.8, 4) is 0 Å². The Bertz CT molecular complexity index is 406. The molecule has 2 N–H and O–H groups in total. The molecular formula is C15H25N3O5. The van der Waals surface area contributed by atoms with E-state index in [1.165, 1.54) is 7.11 Å². The number of unbranched alkanes of at least 4 members (excludes halogenated alkanes) is 2. The molecule has 0 aliphatic carbocycles. The van der Waals surface area contributed by atoms with Gasteiger partial charge in [-0.1, -0.05) is 0 Å². The number of methoxy groups -OCH3 is 1. The standard InChI is InChI=1S/C15H25N3O5/c1-16-8-5-3-4-7-13(19)17-9-6-10-18-14(20)11-23-12-15(21)22-2/h3-12H2,2H3,(H,17,19)(H,18,20). The molecule has 0 unspecified atom stereocenters. The molecule has 0 rings (SSSR count). The largest absolute Gasteiger partial charge is 0.467 e. The van der Waals surface area contributed by atoms with Crippen LogP contribution in [0.5, 0.6) is 0 Å². The Labute approximate surface area is 136 Å². The minimum atomic E-state index is -0.533. The zero-order valence-electron chi connectivity index (χ0n) is 13.6. The molecule has 0 aromatic heterocycles. The highest BCUT2D eigenvalue weighted by atomic mass is 16.6. The van der Waals surface area contributed by atoms with Gasteiger partial charge in [-0.25, -0.2) is 11.4 Å². The third-order valence-electron chi connectivity index (χ3n) is 2.85. The quantitative estimate of drug-likeness (QED) is 0.288. The average molecular weight is 327 g/mol. The topological polar surface area (TPSA) is 98.1 Å². The number of ether oxygens (including phenoxy) is 2. The van der Waals surface area contributed by atoms with Crippen LogP contribution in [0.4, 0.5) is 0 Å². The van der Waals surface area contributed by atoms with Gasteiger partial charge in [0.15, 0.2) is 0 Å². The molecule has 8 nitrogen and oxygen atoms in total. The molecule has 0 atom stereocenters. The van der Waals surface area contributed by atoms with Crippen molar-refractivity contribution in [1.82, 2.24) is 10.6 Å². The van der Waals surface area contributed by atoms with Gasteiger partial charge in [0.25, 0.3) is 0 Å². The van der Waals surface area contributed by atoms with Gasteiger partial charge in [0.2, 0.25) is 18.4 Å². The van der Waals surface area contributed by atoms with Crippen LogP contribution in [0.2, 0.25) is 0 Å². The maximum absolute atomic E-state index is 11.5. The highest BCUT2D eigenvalue weighted by Gasteiger charge is 2.05. The lowest BCUT2D eigenvalue weighted by molar-refractivity contribution is -0.147. The lowest BCUT2D eigenvalue weighted by Crippen LogP contribution is -2.32. The Hall–Kier alpha value is -2.14. The molecule has 130 valence electrons. The van der Waals surface area contributed by atoms with Crippen LogP contribution in [0, 0.1) is 6.57 Å². The van der Waals surface area contributed by atoms with E-state index >= 15 is 0 Å². The van der Waals surface area contributed by atoms with E-state index in [4.69, 9.17) is 11.3 Å². The summed E-state index contributed by atoms with van der Waals surface area (Å²) in [7, 11) is 1.24. The van der Waals surface area contributed by atoms with Gasteiger partial charge >= 0.3 is 5.97 Å². The van der Waals surface area contributed by atoms with Crippen molar-refractivity contribution in [1.29, 1.82) is 0 Å². The Kier molecular flexibility index (Phi) is 13.4. The van der Waals surface area contributed by atoms with Crippen LogP contribution in [-0.2, 0) is 23.9 Å². The summed E-state index contributed by atoms with van der Waals surface area (Å²) in [5.74, 6) is -0.866. The third-order valence-corrected chi connectivity index (χ3v) is 2.85. The van der Waals surface area contributed by atoms with Gasteiger partial charge in [-0.2, -0.15) is 0 Å². The maximum atomic E-state index is 11.5. The Morgan fingerprint density at radius 3 is 2.30 bits per heavy atom. The fourth-order valence-electron chi connectivity index (χ4n) is 1.62. The van der Waals surface area contributed by atoms with Gasteiger partial charge < -0.3 is 25.0 Å². The molecule has 0 aromatic carbocycles. The van der Waals surface area contributed by atoms with Gasteiger partial charge in [-0.15, -0.1) is 0 Å². The lowest BCUT2D eigenvalue weighted by atomic mass is 10.2. The predicted molar refractivity (Wildman–Crippen MR) is 83.4 cm³/mol. The normalized spacial score (nSPS) is 9.74. The fraction of sp³-hybridized carbons (Fsp3) is 0.733. The first kappa shape index (κ1) is 20.9. The molecule has 0 aromatic rings. The summed E-state index contributed by atoms with van der Waals surface area (Å²) in [4.78, 5) is 36.8. The van der Waals surface area contributed by atoms with E-state index < -0.39 is 5.97 Å². The summed E-state index contributed by atoms with van der Waals surface area (Å²) in [5, 5.41) is 5.39. The molecule has 0 spiro atoms. The number of esters is 1. The number of hydrogen-bond donors (Lipinski definition) is 2. The molecular weight excluding hydrogens is 302 g/mol. The van der Waals surface area contributed by atoms with Crippen LogP contribution in [-0.4, -0.2) is 57.7 Å². The third kappa shape index (κ3) is 14.6. The summed E-state index contributed by atoms with van der Waals surface area (Å²) in [5.41, 5.74) is 0. The molecule has 2 amide bonds. The number of nitrogens with zero attached hydrogens (tertiary/aromatic N) is 1. The van der Waals surface area contributed by atoms with Crippen molar-refractivity contribution >= 4 is 17.8 Å². The van der Waals surface area contributed by atoms with Crippen LogP contribution >= 0.6 is 0 Å². The van der Waals surface area contributed by atoms with Crippen LogP contribution < -0.4 is 10.6 Å². The van der Waals surface area contributed by atoms with Gasteiger partial charge in [0.1, 0.15) is 13.2 Å². The second-order valence-corrected chi connectivity index (χ2v) is 4.81. The first-order valence-electron chi connectivity index (χ1n) is 7.61. The summed E-state index contributed by atoms with van der Waals surface area (Å²) < 4.78 is 9.21. The molecule has 0 bridgehead atoms. The minimum absolute atomic E-state index is 0.0134. The Balaban J connectivity index is 3.40. The molecule has 0 saturated carbocycles. The van der Waals surface area contributed by atoms with E-state index in [1.54, 1.807) is 0 Å². The second-order valence-electron chi connectivity index (χ2n) is 4.81. The van der Waals surface area contributed by atoms with E-state index in [0.29, 0.717) is 32.5 Å². The molecule has 0 fully saturated rings. The van der Waals surface area contributed by atoms with E-state index in [0.717, 1.165) is 19.3 Å². The average Bonchev–Trinajstić information content (AvgIpc) is 2.54.